The van der Waals surface area contributed by atoms with Gasteiger partial charge in [0.2, 0.25) is 5.69 Å². The molecule has 0 N–H and O–H groups in total. The summed E-state index contributed by atoms with van der Waals surface area (Å²) in [5, 5.41) is 2.58. The van der Waals surface area contributed by atoms with Gasteiger partial charge < -0.3 is 4.74 Å². The summed E-state index contributed by atoms with van der Waals surface area (Å²) in [6.45, 7) is 4.66. The van der Waals surface area contributed by atoms with Crippen LogP contribution in [0.5, 0.6) is 11.5 Å². The number of ether oxygens (including phenoxy) is 1. The Morgan fingerprint density at radius 3 is 2.56 bits per heavy atom. The van der Waals surface area contributed by atoms with E-state index in [-0.39, 0.29) is 0 Å². The summed E-state index contributed by atoms with van der Waals surface area (Å²) in [6.07, 6.45) is 1.69. The Hall–Kier alpha value is -2.39. The predicted molar refractivity (Wildman–Crippen MR) is 106 cm³/mol. The van der Waals surface area contributed by atoms with Gasteiger partial charge in [0.15, 0.2) is 6.20 Å². The summed E-state index contributed by atoms with van der Waals surface area (Å²) >= 11 is 0. The molecule has 4 rings (SSSR count). The largest absolute Gasteiger partial charge is 0.457 e. The number of pyridine rings is 1. The third kappa shape index (κ3) is 2.42. The lowest BCUT2D eigenvalue weighted by molar-refractivity contribution is -0.660. The molecule has 1 aliphatic heterocycles. The first-order valence-electron chi connectivity index (χ1n) is 10.0. The van der Waals surface area contributed by atoms with Crippen molar-refractivity contribution in [3.63, 3.8) is 0 Å². The maximum absolute atomic E-state index is 7.67. The van der Waals surface area contributed by atoms with Crippen LogP contribution in [-0.4, -0.2) is 8.07 Å². The minimum Gasteiger partial charge on any atom is -0.457 e. The molecule has 1 aliphatic rings. The lowest BCUT2D eigenvalue weighted by Gasteiger charge is -2.34. The molecule has 0 atom stereocenters. The molecular weight excluding hydrogens is 322 g/mol. The Bertz CT molecular complexity index is 1090. The van der Waals surface area contributed by atoms with Gasteiger partial charge >= 0.3 is 0 Å². The third-order valence-corrected chi connectivity index (χ3v) is 8.70. The number of hydrogen-bond donors (Lipinski definition) is 0. The normalized spacial score (nSPS) is 16.7. The second kappa shape index (κ2) is 5.56. The van der Waals surface area contributed by atoms with E-state index in [0.29, 0.717) is 5.56 Å². The van der Waals surface area contributed by atoms with Crippen LogP contribution >= 0.6 is 0 Å². The number of aromatic nitrogens is 1. The fourth-order valence-electron chi connectivity index (χ4n) is 3.79. The zero-order valence-corrected chi connectivity index (χ0v) is 16.1. The van der Waals surface area contributed by atoms with E-state index >= 15 is 0 Å². The van der Waals surface area contributed by atoms with Crippen LogP contribution in [0.2, 0.25) is 13.1 Å². The Morgan fingerprint density at radius 2 is 1.80 bits per heavy atom. The van der Waals surface area contributed by atoms with Crippen molar-refractivity contribution >= 4 is 18.4 Å². The van der Waals surface area contributed by atoms with E-state index in [2.05, 4.69) is 44.3 Å². The minimum atomic E-state index is -2.12. The zero-order chi connectivity index (χ0) is 20.3. The topological polar surface area (TPSA) is 13.1 Å². The Kier molecular flexibility index (Phi) is 2.87. The zero-order valence-electron chi connectivity index (χ0n) is 18.1. The molecule has 0 saturated heterocycles. The Balaban J connectivity index is 1.95. The third-order valence-electron chi connectivity index (χ3n) is 5.20. The molecular formula is C22H24NOSi+. The first-order chi connectivity index (χ1) is 13.1. The summed E-state index contributed by atoms with van der Waals surface area (Å²) in [5.41, 5.74) is 3.43. The van der Waals surface area contributed by atoms with Gasteiger partial charge in [0, 0.05) is 15.7 Å². The maximum Gasteiger partial charge on any atom is 0.216 e. The highest BCUT2D eigenvalue weighted by Gasteiger charge is 2.38. The molecule has 2 heterocycles. The van der Waals surface area contributed by atoms with E-state index in [1.165, 1.54) is 10.4 Å². The van der Waals surface area contributed by atoms with Crippen LogP contribution in [0.4, 0.5) is 0 Å². The highest BCUT2D eigenvalue weighted by Crippen LogP contribution is 2.37. The summed E-state index contributed by atoms with van der Waals surface area (Å²) in [7, 11) is -0.00985. The summed E-state index contributed by atoms with van der Waals surface area (Å²) in [4.78, 5) is 0. The number of rotatable bonds is 1. The van der Waals surface area contributed by atoms with Gasteiger partial charge in [-0.05, 0) is 41.8 Å². The highest BCUT2D eigenvalue weighted by atomic mass is 28.3. The van der Waals surface area contributed by atoms with Crippen molar-refractivity contribution in [2.75, 3.05) is 0 Å². The molecule has 3 heteroatoms. The smallest absolute Gasteiger partial charge is 0.216 e. The van der Waals surface area contributed by atoms with Crippen LogP contribution in [0, 0.1) is 13.8 Å². The molecule has 0 aliphatic carbocycles. The lowest BCUT2D eigenvalue weighted by atomic mass is 10.0. The van der Waals surface area contributed by atoms with Crippen LogP contribution in [0.25, 0.3) is 11.3 Å². The van der Waals surface area contributed by atoms with E-state index in [1.807, 2.05) is 29.8 Å². The van der Waals surface area contributed by atoms with Crippen LogP contribution in [0.1, 0.15) is 15.2 Å². The van der Waals surface area contributed by atoms with Crippen molar-refractivity contribution in [1.82, 2.24) is 0 Å². The molecule has 0 fully saturated rings. The van der Waals surface area contributed by atoms with E-state index in [0.717, 1.165) is 28.3 Å². The number of benzene rings is 2. The molecule has 0 amide bonds. The summed E-state index contributed by atoms with van der Waals surface area (Å²) < 4.78 is 31.4. The van der Waals surface area contributed by atoms with Crippen LogP contribution < -0.4 is 19.7 Å². The van der Waals surface area contributed by atoms with Gasteiger partial charge in [-0.1, -0.05) is 43.4 Å². The van der Waals surface area contributed by atoms with Gasteiger partial charge in [-0.15, -0.1) is 0 Å². The molecule has 1 aromatic heterocycles. The monoisotopic (exact) mass is 349 g/mol. The van der Waals surface area contributed by atoms with Crippen molar-refractivity contribution in [3.05, 3.63) is 65.9 Å². The molecule has 0 saturated carbocycles. The van der Waals surface area contributed by atoms with E-state index < -0.39 is 14.9 Å². The molecule has 0 radical (unpaired) electrons. The minimum absolute atomic E-state index is 0.335. The number of nitrogens with zero attached hydrogens (tertiary/aromatic N) is 1. The van der Waals surface area contributed by atoms with Crippen LogP contribution in [0.15, 0.2) is 54.7 Å². The van der Waals surface area contributed by atoms with E-state index in [1.54, 1.807) is 12.3 Å². The Morgan fingerprint density at radius 1 is 1.00 bits per heavy atom. The Labute approximate surface area is 155 Å². The van der Waals surface area contributed by atoms with Crippen molar-refractivity contribution < 1.29 is 13.4 Å². The van der Waals surface area contributed by atoms with Gasteiger partial charge in [-0.2, -0.15) is 0 Å². The summed E-state index contributed by atoms with van der Waals surface area (Å²) in [5.74, 6) is 1.84. The average Bonchev–Trinajstić information content (AvgIpc) is 2.61. The number of aryl methyl sites for hydroxylation is 3. The van der Waals surface area contributed by atoms with Crippen molar-refractivity contribution in [1.29, 1.82) is 0 Å². The molecule has 0 unspecified atom stereocenters. The quantitative estimate of drug-likeness (QED) is 0.482. The number of hydrogen-bond acceptors (Lipinski definition) is 1. The fraction of sp³-hybridized carbons (Fsp3) is 0.227. The van der Waals surface area contributed by atoms with Gasteiger partial charge in [0.25, 0.3) is 0 Å². The van der Waals surface area contributed by atoms with Gasteiger partial charge in [0.05, 0.1) is 5.56 Å². The SMILES string of the molecule is [2H]C([2H])([2H])c1ccc(-c2c(C)ccc3c2Oc2ccccc2[Si]3(C)C)[n+](C)c1. The molecule has 2 nitrogen and oxygen atoms in total. The summed E-state index contributed by atoms with van der Waals surface area (Å²) in [6, 6.07) is 16.2. The number of para-hydroxylation sites is 1. The highest BCUT2D eigenvalue weighted by molar-refractivity contribution is 7.01. The van der Waals surface area contributed by atoms with Gasteiger partial charge in [-0.3, -0.25) is 0 Å². The van der Waals surface area contributed by atoms with Gasteiger partial charge in [0.1, 0.15) is 26.6 Å². The standard InChI is InChI=1S/C22H24NOSi/c1-15-10-12-17(23(3)14-15)21-16(2)11-13-20-22(21)24-18-8-6-7-9-19(18)25(20,4)5/h6-14H,1-5H3/q+1/i1D3. The second-order valence-corrected chi connectivity index (χ2v) is 11.6. The van der Waals surface area contributed by atoms with Crippen molar-refractivity contribution in [2.24, 2.45) is 7.05 Å². The molecule has 126 valence electrons. The molecule has 0 spiro atoms. The van der Waals surface area contributed by atoms with Crippen LogP contribution in [-0.2, 0) is 7.05 Å². The molecule has 2 aromatic carbocycles. The first kappa shape index (κ1) is 12.9. The van der Waals surface area contributed by atoms with Gasteiger partial charge in [-0.25, -0.2) is 4.57 Å². The predicted octanol–water partition coefficient (Wildman–Crippen LogP) is 3.72. The fourth-order valence-corrected chi connectivity index (χ4v) is 6.59. The first-order valence-corrected chi connectivity index (χ1v) is 11.5. The second-order valence-electron chi connectivity index (χ2n) is 7.27. The lowest BCUT2D eigenvalue weighted by Crippen LogP contribution is -2.56. The van der Waals surface area contributed by atoms with Crippen molar-refractivity contribution in [3.8, 4) is 22.8 Å². The molecule has 3 aromatic rings. The van der Waals surface area contributed by atoms with E-state index in [9.17, 15) is 0 Å². The number of fused-ring (bicyclic) bond motifs is 2. The molecule has 0 bridgehead atoms. The van der Waals surface area contributed by atoms with E-state index in [4.69, 9.17) is 8.85 Å². The average molecular weight is 350 g/mol. The maximum atomic E-state index is 7.67. The molecule has 25 heavy (non-hydrogen) atoms. The van der Waals surface area contributed by atoms with Crippen molar-refractivity contribution in [2.45, 2.75) is 26.9 Å². The van der Waals surface area contributed by atoms with Crippen LogP contribution in [0.3, 0.4) is 0 Å².